The van der Waals surface area contributed by atoms with Crippen molar-refractivity contribution in [3.05, 3.63) is 35.5 Å². The fourth-order valence-electron chi connectivity index (χ4n) is 4.38. The summed E-state index contributed by atoms with van der Waals surface area (Å²) < 4.78 is 2.01. The van der Waals surface area contributed by atoms with Gasteiger partial charge in [-0.15, -0.1) is 0 Å². The van der Waals surface area contributed by atoms with Crippen LogP contribution in [0.3, 0.4) is 0 Å². The van der Waals surface area contributed by atoms with E-state index in [1.165, 1.54) is 29.5 Å². The number of hydrogen-bond acceptors (Lipinski definition) is 2. The SMILES string of the molecule is CCCCN1CCc2c3n(c4ccccc24)C(=O)N(C(C)C)CC31. The lowest BCUT2D eigenvalue weighted by Gasteiger charge is -2.44. The van der Waals surface area contributed by atoms with E-state index in [9.17, 15) is 4.79 Å². The minimum absolute atomic E-state index is 0.149. The van der Waals surface area contributed by atoms with Crippen molar-refractivity contribution in [2.75, 3.05) is 19.6 Å². The van der Waals surface area contributed by atoms with Crippen LogP contribution in [0, 0.1) is 0 Å². The zero-order chi connectivity index (χ0) is 16.8. The summed E-state index contributed by atoms with van der Waals surface area (Å²) in [5.74, 6) is 0. The first kappa shape index (κ1) is 15.7. The number of nitrogens with zero attached hydrogens (tertiary/aromatic N) is 3. The lowest BCUT2D eigenvalue weighted by Crippen LogP contribution is -2.53. The molecule has 2 aromatic rings. The van der Waals surface area contributed by atoms with Crippen molar-refractivity contribution >= 4 is 16.9 Å². The first-order valence-corrected chi connectivity index (χ1v) is 9.30. The first-order valence-electron chi connectivity index (χ1n) is 9.30. The molecule has 1 aromatic carbocycles. The molecule has 0 saturated carbocycles. The molecule has 1 amide bonds. The molecule has 4 rings (SSSR count). The molecule has 0 aliphatic carbocycles. The molecule has 0 bridgehead atoms. The second-order valence-corrected chi connectivity index (χ2v) is 7.40. The summed E-state index contributed by atoms with van der Waals surface area (Å²) in [6.45, 7) is 9.54. The van der Waals surface area contributed by atoms with Gasteiger partial charge in [-0.3, -0.25) is 9.47 Å². The molecule has 128 valence electrons. The van der Waals surface area contributed by atoms with Crippen LogP contribution in [0.4, 0.5) is 4.79 Å². The van der Waals surface area contributed by atoms with Gasteiger partial charge in [0.05, 0.1) is 17.3 Å². The molecule has 1 aromatic heterocycles. The third kappa shape index (κ3) is 2.20. The molecule has 1 atom stereocenters. The van der Waals surface area contributed by atoms with E-state index in [-0.39, 0.29) is 12.1 Å². The molecule has 0 radical (unpaired) electrons. The molecular weight excluding hydrogens is 298 g/mol. The summed E-state index contributed by atoms with van der Waals surface area (Å²) in [5.41, 5.74) is 3.75. The van der Waals surface area contributed by atoms with Crippen molar-refractivity contribution in [2.24, 2.45) is 0 Å². The zero-order valence-corrected chi connectivity index (χ0v) is 15.0. The van der Waals surface area contributed by atoms with E-state index >= 15 is 0 Å². The Morgan fingerprint density at radius 2 is 2.04 bits per heavy atom. The van der Waals surface area contributed by atoms with Crippen molar-refractivity contribution in [1.82, 2.24) is 14.4 Å². The molecule has 2 aliphatic heterocycles. The largest absolute Gasteiger partial charge is 0.329 e. The fraction of sp³-hybridized carbons (Fsp3) is 0.550. The third-order valence-corrected chi connectivity index (χ3v) is 5.65. The number of unbranched alkanes of at least 4 members (excludes halogenated alkanes) is 1. The van der Waals surface area contributed by atoms with Crippen LogP contribution in [-0.4, -0.2) is 46.1 Å². The summed E-state index contributed by atoms with van der Waals surface area (Å²) in [5, 5.41) is 1.27. The van der Waals surface area contributed by atoms with Crippen LogP contribution in [0.5, 0.6) is 0 Å². The third-order valence-electron chi connectivity index (χ3n) is 5.65. The average Bonchev–Trinajstić information content (AvgIpc) is 2.92. The number of carbonyl (C=O) groups excluding carboxylic acids is 1. The summed E-state index contributed by atoms with van der Waals surface area (Å²) in [7, 11) is 0. The van der Waals surface area contributed by atoms with Gasteiger partial charge in [0.2, 0.25) is 0 Å². The monoisotopic (exact) mass is 325 g/mol. The second-order valence-electron chi connectivity index (χ2n) is 7.40. The quantitative estimate of drug-likeness (QED) is 0.849. The summed E-state index contributed by atoms with van der Waals surface area (Å²) >= 11 is 0. The zero-order valence-electron chi connectivity index (χ0n) is 15.0. The Kier molecular flexibility index (Phi) is 3.87. The van der Waals surface area contributed by atoms with Gasteiger partial charge in [-0.1, -0.05) is 31.5 Å². The van der Waals surface area contributed by atoms with Gasteiger partial charge in [0.25, 0.3) is 0 Å². The molecule has 0 spiro atoms. The number of para-hydroxylation sites is 1. The molecule has 0 N–H and O–H groups in total. The normalized spacial score (nSPS) is 20.9. The average molecular weight is 325 g/mol. The van der Waals surface area contributed by atoms with Crippen LogP contribution >= 0.6 is 0 Å². The van der Waals surface area contributed by atoms with Gasteiger partial charge in [0.1, 0.15) is 0 Å². The molecule has 0 saturated heterocycles. The Balaban J connectivity index is 1.89. The van der Waals surface area contributed by atoms with Crippen molar-refractivity contribution in [1.29, 1.82) is 0 Å². The van der Waals surface area contributed by atoms with Crippen LogP contribution in [0.15, 0.2) is 24.3 Å². The maximum Gasteiger partial charge on any atom is 0.329 e. The van der Waals surface area contributed by atoms with E-state index in [1.807, 2.05) is 15.5 Å². The number of hydrogen-bond donors (Lipinski definition) is 0. The van der Waals surface area contributed by atoms with E-state index in [4.69, 9.17) is 0 Å². The predicted molar refractivity (Wildman–Crippen MR) is 97.5 cm³/mol. The number of carbonyl (C=O) groups is 1. The van der Waals surface area contributed by atoms with Crippen LogP contribution in [0.1, 0.15) is 50.9 Å². The highest BCUT2D eigenvalue weighted by atomic mass is 16.2. The van der Waals surface area contributed by atoms with Gasteiger partial charge in [0, 0.05) is 24.5 Å². The number of benzene rings is 1. The van der Waals surface area contributed by atoms with Crippen LogP contribution < -0.4 is 0 Å². The number of fused-ring (bicyclic) bond motifs is 3. The Hall–Kier alpha value is -1.81. The summed E-state index contributed by atoms with van der Waals surface area (Å²) in [4.78, 5) is 17.8. The number of rotatable bonds is 4. The minimum atomic E-state index is 0.149. The van der Waals surface area contributed by atoms with Gasteiger partial charge in [-0.05, 0) is 44.9 Å². The standard InChI is InChI=1S/C20H27N3O/c1-4-5-11-21-12-10-16-15-8-6-7-9-17(15)23-19(16)18(21)13-22(14(2)3)20(23)24/h6-9,14,18H,4-5,10-13H2,1-3H3. The molecule has 4 heteroatoms. The lowest BCUT2D eigenvalue weighted by atomic mass is 9.95. The van der Waals surface area contributed by atoms with E-state index in [2.05, 4.69) is 43.9 Å². The Morgan fingerprint density at radius 1 is 1.25 bits per heavy atom. The second kappa shape index (κ2) is 5.92. The molecule has 4 nitrogen and oxygen atoms in total. The molecule has 3 heterocycles. The van der Waals surface area contributed by atoms with Crippen molar-refractivity contribution in [3.8, 4) is 0 Å². The van der Waals surface area contributed by atoms with Gasteiger partial charge in [0.15, 0.2) is 0 Å². The summed E-state index contributed by atoms with van der Waals surface area (Å²) in [6, 6.07) is 9.13. The molecule has 2 aliphatic rings. The van der Waals surface area contributed by atoms with Gasteiger partial charge in [-0.2, -0.15) is 0 Å². The highest BCUT2D eigenvalue weighted by Crippen LogP contribution is 2.40. The Labute approximate surface area is 144 Å². The topological polar surface area (TPSA) is 28.5 Å². The van der Waals surface area contributed by atoms with Crippen LogP contribution in [-0.2, 0) is 6.42 Å². The van der Waals surface area contributed by atoms with Crippen LogP contribution in [0.2, 0.25) is 0 Å². The van der Waals surface area contributed by atoms with Gasteiger partial charge >= 0.3 is 6.03 Å². The fourth-order valence-corrected chi connectivity index (χ4v) is 4.38. The van der Waals surface area contributed by atoms with Crippen molar-refractivity contribution in [2.45, 2.75) is 52.1 Å². The highest BCUT2D eigenvalue weighted by molar-refractivity contribution is 5.96. The van der Waals surface area contributed by atoms with Crippen molar-refractivity contribution in [3.63, 3.8) is 0 Å². The van der Waals surface area contributed by atoms with E-state index in [0.717, 1.165) is 31.6 Å². The molecular formula is C20H27N3O. The van der Waals surface area contributed by atoms with E-state index < -0.39 is 0 Å². The molecule has 24 heavy (non-hydrogen) atoms. The smallest absolute Gasteiger partial charge is 0.320 e. The summed E-state index contributed by atoms with van der Waals surface area (Å²) in [6.07, 6.45) is 3.49. The first-order chi connectivity index (χ1) is 11.6. The van der Waals surface area contributed by atoms with Crippen LogP contribution in [0.25, 0.3) is 10.9 Å². The van der Waals surface area contributed by atoms with E-state index in [0.29, 0.717) is 6.04 Å². The molecule has 0 fully saturated rings. The predicted octanol–water partition coefficient (Wildman–Crippen LogP) is 4.03. The number of aromatic nitrogens is 1. The maximum atomic E-state index is 13.2. The Bertz CT molecular complexity index is 777. The van der Waals surface area contributed by atoms with Gasteiger partial charge < -0.3 is 4.90 Å². The molecule has 1 unspecified atom stereocenters. The number of amides is 1. The minimum Gasteiger partial charge on any atom is -0.320 e. The lowest BCUT2D eigenvalue weighted by molar-refractivity contribution is 0.101. The van der Waals surface area contributed by atoms with Gasteiger partial charge in [-0.25, -0.2) is 4.79 Å². The maximum absolute atomic E-state index is 13.2. The Morgan fingerprint density at radius 3 is 2.79 bits per heavy atom. The van der Waals surface area contributed by atoms with Crippen molar-refractivity contribution < 1.29 is 4.79 Å². The highest BCUT2D eigenvalue weighted by Gasteiger charge is 2.41. The van der Waals surface area contributed by atoms with E-state index in [1.54, 1.807) is 0 Å².